The predicted octanol–water partition coefficient (Wildman–Crippen LogP) is 3.90. The summed E-state index contributed by atoms with van der Waals surface area (Å²) in [7, 11) is 0. The molecule has 0 radical (unpaired) electrons. The Morgan fingerprint density at radius 3 is 2.58 bits per heavy atom. The standard InChI is InChI=1S/C22H28FNO2/c1-10-8-16(25)19(24)18-12(3)11(2)17-13(22(10,18)5)6-7-21(4)14(17)9-15(23)20(21)26/h8,11,13-15,17H,3,6-7,9,24H2,1-2,4-5H3/t11-,13+,14+,15+,17-,21+,22-/m1/s1. The second-order valence-corrected chi connectivity index (χ2v) is 9.31. The van der Waals surface area contributed by atoms with Crippen molar-refractivity contribution in [2.75, 3.05) is 0 Å². The number of alkyl halides is 1. The molecular formula is C22H28FNO2. The number of carbonyl (C=O) groups is 2. The van der Waals surface area contributed by atoms with Crippen molar-refractivity contribution in [1.82, 2.24) is 0 Å². The number of Topliss-reactive ketones (excluding diaryl/α,β-unsaturated/α-hetero) is 1. The van der Waals surface area contributed by atoms with Crippen molar-refractivity contribution in [3.8, 4) is 0 Å². The first-order valence-corrected chi connectivity index (χ1v) is 9.66. The van der Waals surface area contributed by atoms with Gasteiger partial charge in [0, 0.05) is 10.8 Å². The molecule has 4 aliphatic carbocycles. The molecule has 4 heteroatoms. The minimum Gasteiger partial charge on any atom is -0.395 e. The lowest BCUT2D eigenvalue weighted by Gasteiger charge is -2.59. The van der Waals surface area contributed by atoms with Crippen LogP contribution in [0.1, 0.15) is 47.0 Å². The van der Waals surface area contributed by atoms with Crippen LogP contribution in [0.2, 0.25) is 0 Å². The van der Waals surface area contributed by atoms with Gasteiger partial charge in [-0.2, -0.15) is 0 Å². The average molecular weight is 357 g/mol. The summed E-state index contributed by atoms with van der Waals surface area (Å²) in [4.78, 5) is 24.9. The van der Waals surface area contributed by atoms with Gasteiger partial charge in [0.1, 0.15) is 0 Å². The highest BCUT2D eigenvalue weighted by atomic mass is 19.1. The molecule has 0 aromatic heterocycles. The van der Waals surface area contributed by atoms with E-state index in [0.717, 1.165) is 23.1 Å². The topological polar surface area (TPSA) is 60.2 Å². The molecule has 4 rings (SSSR count). The summed E-state index contributed by atoms with van der Waals surface area (Å²) < 4.78 is 14.4. The first-order chi connectivity index (χ1) is 12.0. The Bertz CT molecular complexity index is 809. The number of rotatable bonds is 0. The molecule has 0 saturated heterocycles. The highest BCUT2D eigenvalue weighted by Crippen LogP contribution is 2.67. The van der Waals surface area contributed by atoms with E-state index in [0.29, 0.717) is 18.5 Å². The fourth-order valence-corrected chi connectivity index (χ4v) is 6.79. The summed E-state index contributed by atoms with van der Waals surface area (Å²) in [5, 5.41) is 0. The van der Waals surface area contributed by atoms with Crippen molar-refractivity contribution in [1.29, 1.82) is 0 Å². The fourth-order valence-electron chi connectivity index (χ4n) is 6.79. The fraction of sp³-hybridized carbons (Fsp3) is 0.636. The number of allylic oxidation sites excluding steroid dienone is 4. The molecule has 26 heavy (non-hydrogen) atoms. The van der Waals surface area contributed by atoms with Gasteiger partial charge in [-0.05, 0) is 67.1 Å². The van der Waals surface area contributed by atoms with E-state index in [1.165, 1.54) is 0 Å². The van der Waals surface area contributed by atoms with Crippen molar-refractivity contribution in [3.05, 3.63) is 35.1 Å². The van der Waals surface area contributed by atoms with Gasteiger partial charge in [-0.15, -0.1) is 0 Å². The minimum atomic E-state index is -1.34. The number of halogens is 1. The van der Waals surface area contributed by atoms with Gasteiger partial charge in [0.2, 0.25) is 5.78 Å². The lowest BCUT2D eigenvalue weighted by Crippen LogP contribution is -2.55. The summed E-state index contributed by atoms with van der Waals surface area (Å²) in [6.45, 7) is 12.5. The first kappa shape index (κ1) is 17.7. The molecule has 0 aliphatic heterocycles. The van der Waals surface area contributed by atoms with E-state index >= 15 is 0 Å². The molecular weight excluding hydrogens is 329 g/mol. The Morgan fingerprint density at radius 1 is 1.27 bits per heavy atom. The van der Waals surface area contributed by atoms with Crippen LogP contribution >= 0.6 is 0 Å². The SMILES string of the molecule is C=C1C2=C(N)C(=O)C=C(C)[C@]2(C)[C@H]2CC[C@]3(C)C(=O)[C@@H](F)C[C@H]3[C@@H]2[C@@H]1C. The average Bonchev–Trinajstić information content (AvgIpc) is 2.81. The Labute approximate surface area is 154 Å². The van der Waals surface area contributed by atoms with Crippen LogP contribution in [0.25, 0.3) is 0 Å². The highest BCUT2D eigenvalue weighted by Gasteiger charge is 2.64. The summed E-state index contributed by atoms with van der Waals surface area (Å²) in [5.41, 5.74) is 8.43. The zero-order chi connectivity index (χ0) is 19.2. The van der Waals surface area contributed by atoms with Gasteiger partial charge in [-0.3, -0.25) is 9.59 Å². The van der Waals surface area contributed by atoms with Crippen molar-refractivity contribution in [3.63, 3.8) is 0 Å². The zero-order valence-electron chi connectivity index (χ0n) is 16.1. The number of fused-ring (bicyclic) bond motifs is 5. The van der Waals surface area contributed by atoms with Crippen LogP contribution in [0.15, 0.2) is 35.1 Å². The van der Waals surface area contributed by atoms with Crippen LogP contribution < -0.4 is 5.73 Å². The van der Waals surface area contributed by atoms with E-state index in [4.69, 9.17) is 5.73 Å². The number of nitrogens with two attached hydrogens (primary N) is 1. The van der Waals surface area contributed by atoms with Gasteiger partial charge < -0.3 is 5.73 Å². The Hall–Kier alpha value is -1.71. The van der Waals surface area contributed by atoms with Crippen LogP contribution in [-0.4, -0.2) is 17.7 Å². The highest BCUT2D eigenvalue weighted by molar-refractivity contribution is 6.06. The van der Waals surface area contributed by atoms with Crippen molar-refractivity contribution in [2.45, 2.75) is 53.1 Å². The largest absolute Gasteiger partial charge is 0.395 e. The Kier molecular flexibility index (Phi) is 3.52. The van der Waals surface area contributed by atoms with Crippen molar-refractivity contribution in [2.24, 2.45) is 40.2 Å². The zero-order valence-corrected chi connectivity index (χ0v) is 16.1. The van der Waals surface area contributed by atoms with Gasteiger partial charge in [-0.25, -0.2) is 4.39 Å². The third-order valence-corrected chi connectivity index (χ3v) is 8.44. The monoisotopic (exact) mass is 357 g/mol. The molecule has 3 saturated carbocycles. The van der Waals surface area contributed by atoms with Crippen LogP contribution in [-0.2, 0) is 9.59 Å². The third-order valence-electron chi connectivity index (χ3n) is 8.44. The second-order valence-electron chi connectivity index (χ2n) is 9.31. The Morgan fingerprint density at radius 2 is 1.92 bits per heavy atom. The van der Waals surface area contributed by atoms with Crippen molar-refractivity contribution >= 4 is 11.6 Å². The maximum absolute atomic E-state index is 14.4. The van der Waals surface area contributed by atoms with Crippen LogP contribution in [0, 0.1) is 34.5 Å². The van der Waals surface area contributed by atoms with E-state index in [1.54, 1.807) is 6.08 Å². The molecule has 140 valence electrons. The molecule has 3 nitrogen and oxygen atoms in total. The number of hydrogen-bond acceptors (Lipinski definition) is 3. The van der Waals surface area contributed by atoms with E-state index in [9.17, 15) is 14.0 Å². The second kappa shape index (κ2) is 5.17. The van der Waals surface area contributed by atoms with Crippen LogP contribution in [0.3, 0.4) is 0 Å². The molecule has 0 aromatic carbocycles. The van der Waals surface area contributed by atoms with Gasteiger partial charge in [0.05, 0.1) is 5.70 Å². The van der Waals surface area contributed by atoms with Crippen molar-refractivity contribution < 1.29 is 14.0 Å². The smallest absolute Gasteiger partial charge is 0.201 e. The van der Waals surface area contributed by atoms with E-state index in [1.807, 2.05) is 13.8 Å². The Balaban J connectivity index is 1.89. The molecule has 4 aliphatic rings. The minimum absolute atomic E-state index is 0.0283. The molecule has 2 N–H and O–H groups in total. The normalized spacial score (nSPS) is 48.1. The van der Waals surface area contributed by atoms with E-state index in [2.05, 4.69) is 20.4 Å². The van der Waals surface area contributed by atoms with E-state index < -0.39 is 11.6 Å². The molecule has 0 aromatic rings. The molecule has 0 spiro atoms. The molecule has 7 atom stereocenters. The number of carbonyl (C=O) groups excluding carboxylic acids is 2. The molecule has 0 heterocycles. The van der Waals surface area contributed by atoms with Gasteiger partial charge in [0.25, 0.3) is 0 Å². The number of hydrogen-bond donors (Lipinski definition) is 1. The summed E-state index contributed by atoms with van der Waals surface area (Å²) in [6.07, 6.45) is 2.19. The summed E-state index contributed by atoms with van der Waals surface area (Å²) >= 11 is 0. The summed E-state index contributed by atoms with van der Waals surface area (Å²) in [6, 6.07) is 0. The predicted molar refractivity (Wildman–Crippen MR) is 98.7 cm³/mol. The van der Waals surface area contributed by atoms with Gasteiger partial charge in [0.15, 0.2) is 12.0 Å². The molecule has 0 unspecified atom stereocenters. The third kappa shape index (κ3) is 1.83. The molecule has 0 amide bonds. The maximum Gasteiger partial charge on any atom is 0.201 e. The van der Waals surface area contributed by atoms with E-state index in [-0.39, 0.29) is 40.7 Å². The van der Waals surface area contributed by atoms with Crippen LogP contribution in [0.4, 0.5) is 4.39 Å². The molecule has 0 bridgehead atoms. The molecule has 3 fully saturated rings. The quantitative estimate of drug-likeness (QED) is 0.715. The van der Waals surface area contributed by atoms with Gasteiger partial charge >= 0.3 is 0 Å². The first-order valence-electron chi connectivity index (χ1n) is 9.66. The number of ketones is 2. The lowest BCUT2D eigenvalue weighted by molar-refractivity contribution is -0.135. The maximum atomic E-state index is 14.4. The van der Waals surface area contributed by atoms with Crippen LogP contribution in [0.5, 0.6) is 0 Å². The van der Waals surface area contributed by atoms with Gasteiger partial charge in [-0.1, -0.05) is 32.9 Å². The summed E-state index contributed by atoms with van der Waals surface area (Å²) in [5.74, 6) is 0.197. The lowest BCUT2D eigenvalue weighted by atomic mass is 9.44.